The van der Waals surface area contributed by atoms with Crippen LogP contribution in [0.4, 0.5) is 0 Å². The van der Waals surface area contributed by atoms with E-state index in [1.807, 2.05) is 6.20 Å². The van der Waals surface area contributed by atoms with Crippen molar-refractivity contribution in [3.05, 3.63) is 35.3 Å². The predicted molar refractivity (Wildman–Crippen MR) is 63.4 cm³/mol. The van der Waals surface area contributed by atoms with Crippen LogP contribution in [0.1, 0.15) is 43.6 Å². The molecule has 0 aliphatic rings. The van der Waals surface area contributed by atoms with Gasteiger partial charge in [-0.2, -0.15) is 0 Å². The molecule has 0 amide bonds. The van der Waals surface area contributed by atoms with Gasteiger partial charge in [0.15, 0.2) is 0 Å². The summed E-state index contributed by atoms with van der Waals surface area (Å²) < 4.78 is 2.27. The minimum atomic E-state index is 0.528. The van der Waals surface area contributed by atoms with Crippen LogP contribution >= 0.6 is 0 Å². The van der Waals surface area contributed by atoms with Crippen molar-refractivity contribution in [2.45, 2.75) is 40.0 Å². The lowest BCUT2D eigenvalue weighted by molar-refractivity contribution is 0.852. The van der Waals surface area contributed by atoms with Crippen molar-refractivity contribution >= 4 is 5.65 Å². The van der Waals surface area contributed by atoms with Crippen LogP contribution < -0.4 is 0 Å². The first-order chi connectivity index (χ1) is 7.15. The third kappa shape index (κ3) is 1.54. The van der Waals surface area contributed by atoms with Crippen LogP contribution in [0, 0.1) is 6.92 Å². The van der Waals surface area contributed by atoms with Gasteiger partial charge in [-0.3, -0.25) is 0 Å². The molecular formula is C13H18N2. The fraction of sp³-hybridized carbons (Fsp3) is 0.462. The van der Waals surface area contributed by atoms with Crippen LogP contribution in [0.15, 0.2) is 18.3 Å². The number of rotatable bonds is 2. The smallest absolute Gasteiger partial charge is 0.140 e. The largest absolute Gasteiger partial charge is 0.301 e. The van der Waals surface area contributed by atoms with E-state index in [9.17, 15) is 0 Å². The molecule has 0 saturated carbocycles. The topological polar surface area (TPSA) is 17.3 Å². The molecule has 0 unspecified atom stereocenters. The highest BCUT2D eigenvalue weighted by atomic mass is 15.0. The Morgan fingerprint density at radius 3 is 2.67 bits per heavy atom. The second kappa shape index (κ2) is 3.69. The molecule has 2 aromatic rings. The Kier molecular flexibility index (Phi) is 2.51. The van der Waals surface area contributed by atoms with E-state index < -0.39 is 0 Å². The second-order valence-electron chi connectivity index (χ2n) is 4.35. The van der Waals surface area contributed by atoms with Gasteiger partial charge in [0.1, 0.15) is 5.65 Å². The SMILES string of the molecule is CCc1cnc2c(C(C)C)ccc(C)n12. The first kappa shape index (κ1) is 10.2. The first-order valence-corrected chi connectivity index (χ1v) is 5.61. The molecule has 80 valence electrons. The molecule has 0 fully saturated rings. The van der Waals surface area contributed by atoms with E-state index in [2.05, 4.69) is 49.2 Å². The summed E-state index contributed by atoms with van der Waals surface area (Å²) in [7, 11) is 0. The zero-order chi connectivity index (χ0) is 11.0. The van der Waals surface area contributed by atoms with Crippen molar-refractivity contribution in [1.29, 1.82) is 0 Å². The Morgan fingerprint density at radius 2 is 2.07 bits per heavy atom. The summed E-state index contributed by atoms with van der Waals surface area (Å²) in [6.07, 6.45) is 3.03. The first-order valence-electron chi connectivity index (χ1n) is 5.61. The molecule has 2 nitrogen and oxygen atoms in total. The average molecular weight is 202 g/mol. The van der Waals surface area contributed by atoms with E-state index in [1.54, 1.807) is 0 Å². The Labute approximate surface area is 91.0 Å². The lowest BCUT2D eigenvalue weighted by Crippen LogP contribution is -2.00. The van der Waals surface area contributed by atoms with Gasteiger partial charge in [0.05, 0.1) is 0 Å². The molecule has 15 heavy (non-hydrogen) atoms. The fourth-order valence-electron chi connectivity index (χ4n) is 2.04. The molecule has 0 aromatic carbocycles. The molecule has 2 rings (SSSR count). The zero-order valence-electron chi connectivity index (χ0n) is 9.91. The Morgan fingerprint density at radius 1 is 1.33 bits per heavy atom. The normalized spacial score (nSPS) is 11.5. The summed E-state index contributed by atoms with van der Waals surface area (Å²) in [5.74, 6) is 0.528. The highest BCUT2D eigenvalue weighted by Crippen LogP contribution is 2.22. The maximum atomic E-state index is 4.53. The molecule has 2 heterocycles. The highest BCUT2D eigenvalue weighted by molar-refractivity contribution is 5.52. The molecular weight excluding hydrogens is 184 g/mol. The van der Waals surface area contributed by atoms with Gasteiger partial charge in [-0.1, -0.05) is 26.8 Å². The number of nitrogens with zero attached hydrogens (tertiary/aromatic N) is 2. The number of pyridine rings is 1. The summed E-state index contributed by atoms with van der Waals surface area (Å²) in [5.41, 5.74) is 5.02. The van der Waals surface area contributed by atoms with Crippen molar-refractivity contribution < 1.29 is 0 Å². The monoisotopic (exact) mass is 202 g/mol. The number of imidazole rings is 1. The molecule has 0 N–H and O–H groups in total. The van der Waals surface area contributed by atoms with Crippen LogP contribution in [0.2, 0.25) is 0 Å². The van der Waals surface area contributed by atoms with Crippen LogP contribution in [0.5, 0.6) is 0 Å². The Balaban J connectivity index is 2.78. The Bertz CT molecular complexity index is 480. The highest BCUT2D eigenvalue weighted by Gasteiger charge is 2.10. The number of hydrogen-bond acceptors (Lipinski definition) is 1. The maximum Gasteiger partial charge on any atom is 0.140 e. The van der Waals surface area contributed by atoms with Crippen LogP contribution in [0.25, 0.3) is 5.65 Å². The van der Waals surface area contributed by atoms with E-state index in [4.69, 9.17) is 0 Å². The van der Waals surface area contributed by atoms with Crippen LogP contribution in [0.3, 0.4) is 0 Å². The summed E-state index contributed by atoms with van der Waals surface area (Å²) in [6.45, 7) is 8.73. The standard InChI is InChI=1S/C13H18N2/c1-5-11-8-14-13-12(9(2)3)7-6-10(4)15(11)13/h6-9H,5H2,1-4H3. The van der Waals surface area contributed by atoms with Gasteiger partial charge in [-0.15, -0.1) is 0 Å². The van der Waals surface area contributed by atoms with E-state index in [1.165, 1.54) is 17.0 Å². The average Bonchev–Trinajstić information content (AvgIpc) is 2.62. The van der Waals surface area contributed by atoms with E-state index in [-0.39, 0.29) is 0 Å². The number of aromatic nitrogens is 2. The Hall–Kier alpha value is -1.31. The lowest BCUT2D eigenvalue weighted by Gasteiger charge is -2.10. The minimum Gasteiger partial charge on any atom is -0.301 e. The van der Waals surface area contributed by atoms with E-state index >= 15 is 0 Å². The lowest BCUT2D eigenvalue weighted by atomic mass is 10.0. The number of fused-ring (bicyclic) bond motifs is 1. The quantitative estimate of drug-likeness (QED) is 0.730. The number of hydrogen-bond donors (Lipinski definition) is 0. The summed E-state index contributed by atoms with van der Waals surface area (Å²) in [4.78, 5) is 4.53. The molecule has 0 radical (unpaired) electrons. The van der Waals surface area contributed by atoms with Gasteiger partial charge < -0.3 is 4.40 Å². The molecule has 0 atom stereocenters. The summed E-state index contributed by atoms with van der Waals surface area (Å²) in [6, 6.07) is 4.38. The van der Waals surface area contributed by atoms with Crippen molar-refractivity contribution in [2.24, 2.45) is 0 Å². The van der Waals surface area contributed by atoms with Crippen molar-refractivity contribution in [2.75, 3.05) is 0 Å². The van der Waals surface area contributed by atoms with E-state index in [0.717, 1.165) is 12.1 Å². The predicted octanol–water partition coefficient (Wildman–Crippen LogP) is 3.33. The van der Waals surface area contributed by atoms with Crippen LogP contribution in [-0.4, -0.2) is 9.38 Å². The maximum absolute atomic E-state index is 4.53. The third-order valence-electron chi connectivity index (χ3n) is 2.93. The zero-order valence-corrected chi connectivity index (χ0v) is 9.91. The van der Waals surface area contributed by atoms with Crippen molar-refractivity contribution in [3.63, 3.8) is 0 Å². The number of aryl methyl sites for hydroxylation is 2. The van der Waals surface area contributed by atoms with Gasteiger partial charge in [0.2, 0.25) is 0 Å². The van der Waals surface area contributed by atoms with Gasteiger partial charge in [-0.25, -0.2) is 4.98 Å². The van der Waals surface area contributed by atoms with E-state index in [0.29, 0.717) is 5.92 Å². The summed E-state index contributed by atoms with van der Waals surface area (Å²) >= 11 is 0. The van der Waals surface area contributed by atoms with Crippen molar-refractivity contribution in [1.82, 2.24) is 9.38 Å². The molecule has 0 spiro atoms. The molecule has 0 aliphatic carbocycles. The summed E-state index contributed by atoms with van der Waals surface area (Å²) in [5, 5.41) is 0. The minimum absolute atomic E-state index is 0.528. The molecule has 2 aromatic heterocycles. The van der Waals surface area contributed by atoms with Gasteiger partial charge in [0, 0.05) is 17.6 Å². The van der Waals surface area contributed by atoms with Gasteiger partial charge in [0.25, 0.3) is 0 Å². The van der Waals surface area contributed by atoms with Gasteiger partial charge in [-0.05, 0) is 30.9 Å². The molecule has 0 aliphatic heterocycles. The molecule has 2 heteroatoms. The van der Waals surface area contributed by atoms with Gasteiger partial charge >= 0.3 is 0 Å². The van der Waals surface area contributed by atoms with Crippen molar-refractivity contribution in [3.8, 4) is 0 Å². The molecule has 0 bridgehead atoms. The second-order valence-corrected chi connectivity index (χ2v) is 4.35. The fourth-order valence-corrected chi connectivity index (χ4v) is 2.04. The van der Waals surface area contributed by atoms with Crippen LogP contribution in [-0.2, 0) is 6.42 Å². The molecule has 0 saturated heterocycles. The third-order valence-corrected chi connectivity index (χ3v) is 2.93.